The summed E-state index contributed by atoms with van der Waals surface area (Å²) in [6.45, 7) is 1.66. The third-order valence-electron chi connectivity index (χ3n) is 2.37. The van der Waals surface area contributed by atoms with Gasteiger partial charge in [0.15, 0.2) is 5.96 Å². The standard InChI is InChI=1S/C13H21N3O2.HI/c1-16(2)13(14)15-7-8-18-10-11-5-4-6-12(9-11)17-3;/h4-6,9H,7-8,10H2,1-3H3,(H2,14,15);1H. The van der Waals surface area contributed by atoms with Crippen molar-refractivity contribution < 1.29 is 9.47 Å². The maximum absolute atomic E-state index is 5.65. The predicted octanol–water partition coefficient (Wildman–Crippen LogP) is 1.71. The number of methoxy groups -OCH3 is 1. The van der Waals surface area contributed by atoms with E-state index in [0.717, 1.165) is 11.3 Å². The lowest BCUT2D eigenvalue weighted by Crippen LogP contribution is -2.30. The maximum Gasteiger partial charge on any atom is 0.190 e. The Balaban J connectivity index is 0.00000324. The summed E-state index contributed by atoms with van der Waals surface area (Å²) in [5.41, 5.74) is 6.73. The van der Waals surface area contributed by atoms with Crippen LogP contribution in [-0.2, 0) is 11.3 Å². The van der Waals surface area contributed by atoms with Crippen molar-refractivity contribution in [2.75, 3.05) is 34.4 Å². The summed E-state index contributed by atoms with van der Waals surface area (Å²) in [6.07, 6.45) is 0. The summed E-state index contributed by atoms with van der Waals surface area (Å²) in [4.78, 5) is 5.93. The summed E-state index contributed by atoms with van der Waals surface area (Å²) in [5.74, 6) is 1.35. The first-order chi connectivity index (χ1) is 8.63. The third kappa shape index (κ3) is 7.22. The molecular formula is C13H22IN3O2. The Morgan fingerprint density at radius 3 is 2.74 bits per heavy atom. The largest absolute Gasteiger partial charge is 0.497 e. The zero-order valence-corrected chi connectivity index (χ0v) is 14.0. The van der Waals surface area contributed by atoms with Crippen LogP contribution in [0.5, 0.6) is 5.75 Å². The minimum atomic E-state index is 0. The second-order valence-electron chi connectivity index (χ2n) is 4.04. The molecule has 0 aliphatic heterocycles. The highest BCUT2D eigenvalue weighted by molar-refractivity contribution is 14.0. The van der Waals surface area contributed by atoms with Gasteiger partial charge in [-0.25, -0.2) is 0 Å². The highest BCUT2D eigenvalue weighted by Gasteiger charge is 1.97. The van der Waals surface area contributed by atoms with Crippen molar-refractivity contribution in [3.05, 3.63) is 29.8 Å². The fourth-order valence-electron chi connectivity index (χ4n) is 1.32. The van der Waals surface area contributed by atoms with Gasteiger partial charge in [0.1, 0.15) is 5.75 Å². The Hall–Kier alpha value is -1.02. The molecule has 0 saturated carbocycles. The Labute approximate surface area is 131 Å². The molecule has 0 spiro atoms. The molecule has 0 fully saturated rings. The summed E-state index contributed by atoms with van der Waals surface area (Å²) in [7, 11) is 5.37. The molecular weight excluding hydrogens is 357 g/mol. The average molecular weight is 379 g/mol. The van der Waals surface area contributed by atoms with Gasteiger partial charge in [-0.3, -0.25) is 4.99 Å². The van der Waals surface area contributed by atoms with E-state index in [2.05, 4.69) is 4.99 Å². The highest BCUT2D eigenvalue weighted by Crippen LogP contribution is 2.12. The number of nitrogens with zero attached hydrogens (tertiary/aromatic N) is 2. The van der Waals surface area contributed by atoms with E-state index in [0.29, 0.717) is 25.7 Å². The SMILES string of the molecule is COc1cccc(COCCN=C(N)N(C)C)c1.I. The molecule has 108 valence electrons. The van der Waals surface area contributed by atoms with E-state index in [1.807, 2.05) is 38.4 Å². The summed E-state index contributed by atoms with van der Waals surface area (Å²) in [5, 5.41) is 0. The molecule has 0 aliphatic rings. The molecule has 0 saturated heterocycles. The molecule has 0 unspecified atom stereocenters. The van der Waals surface area contributed by atoms with E-state index in [1.165, 1.54) is 0 Å². The van der Waals surface area contributed by atoms with Gasteiger partial charge in [-0.15, -0.1) is 24.0 Å². The van der Waals surface area contributed by atoms with Crippen LogP contribution in [0.15, 0.2) is 29.3 Å². The quantitative estimate of drug-likeness (QED) is 0.354. The Morgan fingerprint density at radius 2 is 2.11 bits per heavy atom. The lowest BCUT2D eigenvalue weighted by Gasteiger charge is -2.10. The maximum atomic E-state index is 5.65. The number of benzene rings is 1. The number of hydrogen-bond donors (Lipinski definition) is 1. The Bertz CT molecular complexity index is 397. The predicted molar refractivity (Wildman–Crippen MR) is 88.2 cm³/mol. The number of nitrogens with two attached hydrogens (primary N) is 1. The molecule has 0 amide bonds. The number of aliphatic imine (C=N–C) groups is 1. The van der Waals surface area contributed by atoms with Crippen molar-refractivity contribution in [1.82, 2.24) is 4.90 Å². The van der Waals surface area contributed by atoms with E-state index in [-0.39, 0.29) is 24.0 Å². The second kappa shape index (κ2) is 9.85. The summed E-state index contributed by atoms with van der Waals surface area (Å²) >= 11 is 0. The molecule has 1 rings (SSSR count). The number of hydrogen-bond acceptors (Lipinski definition) is 3. The molecule has 0 bridgehead atoms. The zero-order chi connectivity index (χ0) is 13.4. The van der Waals surface area contributed by atoms with Gasteiger partial charge in [-0.1, -0.05) is 12.1 Å². The fraction of sp³-hybridized carbons (Fsp3) is 0.462. The second-order valence-corrected chi connectivity index (χ2v) is 4.04. The molecule has 0 atom stereocenters. The van der Waals surface area contributed by atoms with Crippen LogP contribution in [0, 0.1) is 0 Å². The van der Waals surface area contributed by atoms with Crippen LogP contribution in [0.4, 0.5) is 0 Å². The van der Waals surface area contributed by atoms with Crippen LogP contribution < -0.4 is 10.5 Å². The molecule has 1 aromatic carbocycles. The van der Waals surface area contributed by atoms with Gasteiger partial charge in [0.2, 0.25) is 0 Å². The van der Waals surface area contributed by atoms with Gasteiger partial charge in [-0.05, 0) is 17.7 Å². The van der Waals surface area contributed by atoms with Crippen LogP contribution in [0.1, 0.15) is 5.56 Å². The average Bonchev–Trinajstić information content (AvgIpc) is 2.38. The molecule has 19 heavy (non-hydrogen) atoms. The van der Waals surface area contributed by atoms with Crippen molar-refractivity contribution >= 4 is 29.9 Å². The van der Waals surface area contributed by atoms with Crippen molar-refractivity contribution in [3.63, 3.8) is 0 Å². The minimum Gasteiger partial charge on any atom is -0.497 e. The first-order valence-corrected chi connectivity index (χ1v) is 5.81. The minimum absolute atomic E-state index is 0. The monoisotopic (exact) mass is 379 g/mol. The molecule has 0 aromatic heterocycles. The van der Waals surface area contributed by atoms with Crippen LogP contribution >= 0.6 is 24.0 Å². The first-order valence-electron chi connectivity index (χ1n) is 5.81. The van der Waals surface area contributed by atoms with Gasteiger partial charge in [0, 0.05) is 14.1 Å². The van der Waals surface area contributed by atoms with Crippen LogP contribution in [0.25, 0.3) is 0 Å². The van der Waals surface area contributed by atoms with Gasteiger partial charge < -0.3 is 20.1 Å². The van der Waals surface area contributed by atoms with Gasteiger partial charge in [0.05, 0.1) is 26.9 Å². The smallest absolute Gasteiger partial charge is 0.190 e. The van der Waals surface area contributed by atoms with E-state index in [4.69, 9.17) is 15.2 Å². The molecule has 5 nitrogen and oxygen atoms in total. The molecule has 0 radical (unpaired) electrons. The van der Waals surface area contributed by atoms with Crippen LogP contribution in [-0.4, -0.2) is 45.2 Å². The zero-order valence-electron chi connectivity index (χ0n) is 11.6. The Morgan fingerprint density at radius 1 is 1.37 bits per heavy atom. The van der Waals surface area contributed by atoms with Crippen molar-refractivity contribution in [1.29, 1.82) is 0 Å². The van der Waals surface area contributed by atoms with Crippen molar-refractivity contribution in [3.8, 4) is 5.75 Å². The Kier molecular flexibility index (Phi) is 9.32. The lowest BCUT2D eigenvalue weighted by atomic mass is 10.2. The number of halogens is 1. The number of guanidine groups is 1. The molecule has 1 aromatic rings. The fourth-order valence-corrected chi connectivity index (χ4v) is 1.32. The van der Waals surface area contributed by atoms with Crippen molar-refractivity contribution in [2.45, 2.75) is 6.61 Å². The van der Waals surface area contributed by atoms with E-state index in [9.17, 15) is 0 Å². The van der Waals surface area contributed by atoms with Crippen LogP contribution in [0.3, 0.4) is 0 Å². The molecule has 0 aliphatic carbocycles. The van der Waals surface area contributed by atoms with E-state index < -0.39 is 0 Å². The van der Waals surface area contributed by atoms with E-state index >= 15 is 0 Å². The van der Waals surface area contributed by atoms with Gasteiger partial charge >= 0.3 is 0 Å². The third-order valence-corrected chi connectivity index (χ3v) is 2.37. The van der Waals surface area contributed by atoms with E-state index in [1.54, 1.807) is 12.0 Å². The molecule has 6 heteroatoms. The van der Waals surface area contributed by atoms with Crippen LogP contribution in [0.2, 0.25) is 0 Å². The van der Waals surface area contributed by atoms with Gasteiger partial charge in [-0.2, -0.15) is 0 Å². The summed E-state index contributed by atoms with van der Waals surface area (Å²) in [6, 6.07) is 7.81. The number of ether oxygens (including phenoxy) is 2. The molecule has 2 N–H and O–H groups in total. The summed E-state index contributed by atoms with van der Waals surface area (Å²) < 4.78 is 10.7. The topological polar surface area (TPSA) is 60.1 Å². The lowest BCUT2D eigenvalue weighted by molar-refractivity contribution is 0.128. The van der Waals surface area contributed by atoms with Gasteiger partial charge in [0.25, 0.3) is 0 Å². The molecule has 0 heterocycles. The van der Waals surface area contributed by atoms with Crippen molar-refractivity contribution in [2.24, 2.45) is 10.7 Å². The highest BCUT2D eigenvalue weighted by atomic mass is 127. The number of rotatable bonds is 6. The normalized spacial score (nSPS) is 10.8. The first kappa shape index (κ1) is 18.0.